The molecule has 32 heavy (non-hydrogen) atoms. The molecule has 1 aliphatic heterocycles. The van der Waals surface area contributed by atoms with Crippen molar-refractivity contribution >= 4 is 22.9 Å². The monoisotopic (exact) mass is 433 g/mol. The van der Waals surface area contributed by atoms with Crippen molar-refractivity contribution in [3.63, 3.8) is 0 Å². The molecule has 2 aromatic heterocycles. The maximum absolute atomic E-state index is 13.5. The molecule has 5 rings (SSSR count). The maximum Gasteiger partial charge on any atom is 0.254 e. The van der Waals surface area contributed by atoms with Gasteiger partial charge in [-0.3, -0.25) is 4.79 Å². The number of fused-ring (bicyclic) bond motifs is 1. The zero-order chi connectivity index (χ0) is 22.1. The highest BCUT2D eigenvalue weighted by molar-refractivity contribution is 5.94. The van der Waals surface area contributed by atoms with Crippen LogP contribution in [0.25, 0.3) is 16.9 Å². The average Bonchev–Trinajstić information content (AvgIpc) is 3.28. The van der Waals surface area contributed by atoms with Crippen molar-refractivity contribution in [3.8, 4) is 11.4 Å². The van der Waals surface area contributed by atoms with Crippen molar-refractivity contribution in [3.05, 3.63) is 66.2 Å². The number of hydrogen-bond donors (Lipinski definition) is 0. The Morgan fingerprint density at radius 3 is 2.53 bits per heavy atom. The lowest BCUT2D eigenvalue weighted by molar-refractivity contribution is 0.0746. The van der Waals surface area contributed by atoms with E-state index in [0.717, 1.165) is 11.4 Å². The van der Waals surface area contributed by atoms with Crippen LogP contribution >= 0.6 is 0 Å². The molecular weight excluding hydrogens is 413 g/mol. The molecule has 0 saturated carbocycles. The zero-order valence-corrected chi connectivity index (χ0v) is 17.3. The van der Waals surface area contributed by atoms with Gasteiger partial charge in [0.2, 0.25) is 0 Å². The number of carbonyl (C=O) groups excluding carboxylic acids is 1. The molecule has 3 heterocycles. The van der Waals surface area contributed by atoms with Gasteiger partial charge in [0.25, 0.3) is 5.91 Å². The predicted octanol–water partition coefficient (Wildman–Crippen LogP) is 2.32. The van der Waals surface area contributed by atoms with Gasteiger partial charge >= 0.3 is 0 Å². The van der Waals surface area contributed by atoms with Crippen LogP contribution in [0.15, 0.2) is 54.9 Å². The number of benzene rings is 2. The summed E-state index contributed by atoms with van der Waals surface area (Å²) in [5, 5.41) is 8.58. The van der Waals surface area contributed by atoms with Gasteiger partial charge in [-0.15, -0.1) is 5.10 Å². The first-order valence-electron chi connectivity index (χ1n) is 10.1. The van der Waals surface area contributed by atoms with Crippen LogP contribution in [0, 0.1) is 5.82 Å². The number of anilines is 1. The summed E-state index contributed by atoms with van der Waals surface area (Å²) >= 11 is 0. The highest BCUT2D eigenvalue weighted by atomic mass is 19.1. The van der Waals surface area contributed by atoms with Gasteiger partial charge in [0.1, 0.15) is 17.9 Å². The number of ether oxygens (including phenoxy) is 1. The first kappa shape index (κ1) is 19.9. The smallest absolute Gasteiger partial charge is 0.254 e. The molecule has 10 heteroatoms. The Labute approximate surface area is 183 Å². The molecule has 1 aliphatic rings. The molecular formula is C22H20FN7O2. The number of piperazine rings is 1. The van der Waals surface area contributed by atoms with E-state index >= 15 is 0 Å². The summed E-state index contributed by atoms with van der Waals surface area (Å²) in [6, 6.07) is 13.2. The van der Waals surface area contributed by atoms with E-state index in [9.17, 15) is 9.18 Å². The lowest BCUT2D eigenvalue weighted by Gasteiger charge is -2.35. The van der Waals surface area contributed by atoms with Gasteiger partial charge < -0.3 is 14.5 Å². The van der Waals surface area contributed by atoms with E-state index in [-0.39, 0.29) is 5.91 Å². The van der Waals surface area contributed by atoms with E-state index in [0.29, 0.717) is 48.7 Å². The number of halogens is 1. The van der Waals surface area contributed by atoms with Crippen LogP contribution in [-0.2, 0) is 0 Å². The van der Waals surface area contributed by atoms with Crippen LogP contribution in [0.5, 0.6) is 5.75 Å². The molecule has 0 spiro atoms. The van der Waals surface area contributed by atoms with Crippen molar-refractivity contribution in [2.75, 3.05) is 38.2 Å². The number of aromatic nitrogens is 5. The van der Waals surface area contributed by atoms with E-state index in [1.807, 2.05) is 24.3 Å². The molecule has 1 saturated heterocycles. The largest absolute Gasteiger partial charge is 0.497 e. The number of methoxy groups -OCH3 is 1. The van der Waals surface area contributed by atoms with Crippen molar-refractivity contribution in [1.29, 1.82) is 0 Å². The van der Waals surface area contributed by atoms with Crippen LogP contribution in [-0.4, -0.2) is 69.1 Å². The van der Waals surface area contributed by atoms with Gasteiger partial charge in [-0.25, -0.2) is 14.4 Å². The molecule has 162 valence electrons. The molecule has 4 aromatic rings. The summed E-state index contributed by atoms with van der Waals surface area (Å²) in [6.07, 6.45) is 1.49. The number of rotatable bonds is 4. The minimum absolute atomic E-state index is 0.178. The molecule has 0 atom stereocenters. The van der Waals surface area contributed by atoms with Crippen molar-refractivity contribution < 1.29 is 13.9 Å². The Morgan fingerprint density at radius 2 is 1.81 bits per heavy atom. The minimum Gasteiger partial charge on any atom is -0.497 e. The van der Waals surface area contributed by atoms with Crippen LogP contribution < -0.4 is 9.64 Å². The van der Waals surface area contributed by atoms with E-state index < -0.39 is 5.82 Å². The van der Waals surface area contributed by atoms with Crippen molar-refractivity contribution in [2.45, 2.75) is 0 Å². The second kappa shape index (κ2) is 8.22. The minimum atomic E-state index is -0.419. The normalized spacial score (nSPS) is 14.1. The predicted molar refractivity (Wildman–Crippen MR) is 116 cm³/mol. The Hall–Kier alpha value is -4.08. The average molecular weight is 433 g/mol. The van der Waals surface area contributed by atoms with E-state index in [1.54, 1.807) is 28.8 Å². The second-order valence-electron chi connectivity index (χ2n) is 7.36. The van der Waals surface area contributed by atoms with Crippen LogP contribution in [0.4, 0.5) is 10.2 Å². The Morgan fingerprint density at radius 1 is 1.03 bits per heavy atom. The molecule has 0 bridgehead atoms. The summed E-state index contributed by atoms with van der Waals surface area (Å²) in [4.78, 5) is 25.3. The Balaban J connectivity index is 1.36. The SMILES string of the molecule is COc1ccc(-n2nnc3c(N4CCN(C(=O)c5cccc(F)c5)CC4)ncnc32)cc1. The first-order chi connectivity index (χ1) is 15.6. The molecule has 1 amide bonds. The van der Waals surface area contributed by atoms with Gasteiger partial charge in [-0.2, -0.15) is 4.68 Å². The van der Waals surface area contributed by atoms with Crippen molar-refractivity contribution in [2.24, 2.45) is 0 Å². The van der Waals surface area contributed by atoms with Crippen molar-refractivity contribution in [1.82, 2.24) is 29.9 Å². The molecule has 0 aliphatic carbocycles. The third kappa shape index (κ3) is 3.59. The molecule has 1 fully saturated rings. The molecule has 0 unspecified atom stereocenters. The lowest BCUT2D eigenvalue weighted by atomic mass is 10.1. The van der Waals surface area contributed by atoms with Gasteiger partial charge in [0.15, 0.2) is 17.0 Å². The van der Waals surface area contributed by atoms with Crippen LogP contribution in [0.2, 0.25) is 0 Å². The Bertz CT molecular complexity index is 1270. The quantitative estimate of drug-likeness (QED) is 0.488. The fourth-order valence-corrected chi connectivity index (χ4v) is 3.79. The van der Waals surface area contributed by atoms with Crippen LogP contribution in [0.3, 0.4) is 0 Å². The Kier molecular flexibility index (Phi) is 5.10. The summed E-state index contributed by atoms with van der Waals surface area (Å²) < 4.78 is 20.3. The lowest BCUT2D eigenvalue weighted by Crippen LogP contribution is -2.49. The van der Waals surface area contributed by atoms with Gasteiger partial charge in [-0.05, 0) is 42.5 Å². The first-order valence-corrected chi connectivity index (χ1v) is 10.1. The molecule has 0 N–H and O–H groups in total. The standard InChI is InChI=1S/C22H20FN7O2/c1-32-18-7-5-17(6-8-18)30-21-19(26-27-30)20(24-14-25-21)28-9-11-29(12-10-28)22(31)15-3-2-4-16(23)13-15/h2-8,13-14H,9-12H2,1H3. The topological polar surface area (TPSA) is 89.3 Å². The fourth-order valence-electron chi connectivity index (χ4n) is 3.79. The van der Waals surface area contributed by atoms with E-state index in [1.165, 1.54) is 18.5 Å². The third-order valence-corrected chi connectivity index (χ3v) is 5.47. The molecule has 0 radical (unpaired) electrons. The highest BCUT2D eigenvalue weighted by Gasteiger charge is 2.25. The number of hydrogen-bond acceptors (Lipinski definition) is 7. The van der Waals surface area contributed by atoms with E-state index in [4.69, 9.17) is 4.74 Å². The van der Waals surface area contributed by atoms with Crippen LogP contribution in [0.1, 0.15) is 10.4 Å². The van der Waals surface area contributed by atoms with Gasteiger partial charge in [-0.1, -0.05) is 11.3 Å². The maximum atomic E-state index is 13.5. The number of nitrogens with zero attached hydrogens (tertiary/aromatic N) is 7. The third-order valence-electron chi connectivity index (χ3n) is 5.47. The molecule has 9 nitrogen and oxygen atoms in total. The highest BCUT2D eigenvalue weighted by Crippen LogP contribution is 2.24. The second-order valence-corrected chi connectivity index (χ2v) is 7.36. The number of amides is 1. The fraction of sp³-hybridized carbons (Fsp3) is 0.227. The summed E-state index contributed by atoms with van der Waals surface area (Å²) in [6.45, 7) is 2.13. The zero-order valence-electron chi connectivity index (χ0n) is 17.3. The summed E-state index contributed by atoms with van der Waals surface area (Å²) in [7, 11) is 1.62. The van der Waals surface area contributed by atoms with Gasteiger partial charge in [0.05, 0.1) is 12.8 Å². The van der Waals surface area contributed by atoms with Gasteiger partial charge in [0, 0.05) is 31.7 Å². The summed E-state index contributed by atoms with van der Waals surface area (Å²) in [5.41, 5.74) is 2.35. The number of carbonyl (C=O) groups is 1. The summed E-state index contributed by atoms with van der Waals surface area (Å²) in [5.74, 6) is 0.826. The molecule has 2 aromatic carbocycles. The van der Waals surface area contributed by atoms with E-state index in [2.05, 4.69) is 25.2 Å².